The van der Waals surface area contributed by atoms with Crippen molar-refractivity contribution in [2.45, 2.75) is 54.9 Å². The molecule has 1 aromatic carbocycles. The van der Waals surface area contributed by atoms with Gasteiger partial charge in [-0.3, -0.25) is 9.59 Å². The number of aliphatic carboxylic acids is 1. The van der Waals surface area contributed by atoms with E-state index in [1.165, 1.54) is 18.2 Å². The zero-order valence-corrected chi connectivity index (χ0v) is 17.6. The van der Waals surface area contributed by atoms with Crippen molar-refractivity contribution in [2.75, 3.05) is 6.54 Å². The van der Waals surface area contributed by atoms with Gasteiger partial charge < -0.3 is 15.2 Å². The SMILES string of the molecule is O=C(O)C1C2CCC(O2)C1NC(=O)C1CCCN1S(=O)(=O)c1cc(Cl)cc(Cl)c1. The highest BCUT2D eigenvalue weighted by Gasteiger charge is 2.54. The summed E-state index contributed by atoms with van der Waals surface area (Å²) < 4.78 is 33.0. The van der Waals surface area contributed by atoms with Crippen LogP contribution in [0.2, 0.25) is 10.0 Å². The zero-order chi connectivity index (χ0) is 20.9. The number of carboxylic acid groups (broad SMARTS) is 1. The monoisotopic (exact) mass is 462 g/mol. The Labute approximate surface area is 178 Å². The van der Waals surface area contributed by atoms with Gasteiger partial charge in [-0.05, 0) is 43.9 Å². The highest BCUT2D eigenvalue weighted by molar-refractivity contribution is 7.89. The van der Waals surface area contributed by atoms with E-state index in [0.717, 1.165) is 4.31 Å². The lowest BCUT2D eigenvalue weighted by Crippen LogP contribution is -2.54. The van der Waals surface area contributed by atoms with E-state index in [1.54, 1.807) is 0 Å². The Morgan fingerprint density at radius 1 is 1.10 bits per heavy atom. The largest absolute Gasteiger partial charge is 0.481 e. The number of halogens is 2. The topological polar surface area (TPSA) is 113 Å². The van der Waals surface area contributed by atoms with Crippen LogP contribution in [0.4, 0.5) is 0 Å². The fourth-order valence-corrected chi connectivity index (χ4v) is 6.92. The van der Waals surface area contributed by atoms with E-state index in [4.69, 9.17) is 27.9 Å². The van der Waals surface area contributed by atoms with Crippen LogP contribution >= 0.6 is 23.2 Å². The maximum Gasteiger partial charge on any atom is 0.311 e. The molecule has 8 nitrogen and oxygen atoms in total. The van der Waals surface area contributed by atoms with Crippen LogP contribution in [0.1, 0.15) is 25.7 Å². The number of nitrogens with one attached hydrogen (secondary N) is 1. The molecule has 29 heavy (non-hydrogen) atoms. The van der Waals surface area contributed by atoms with Crippen molar-refractivity contribution in [3.63, 3.8) is 0 Å². The van der Waals surface area contributed by atoms with E-state index in [0.29, 0.717) is 25.7 Å². The first-order chi connectivity index (χ1) is 13.7. The summed E-state index contributed by atoms with van der Waals surface area (Å²) in [5.74, 6) is -2.35. The molecule has 2 bridgehead atoms. The van der Waals surface area contributed by atoms with Gasteiger partial charge in [0.05, 0.1) is 23.1 Å². The molecule has 3 saturated heterocycles. The van der Waals surface area contributed by atoms with Crippen molar-refractivity contribution >= 4 is 45.1 Å². The number of nitrogens with zero attached hydrogens (tertiary/aromatic N) is 1. The van der Waals surface area contributed by atoms with Crippen molar-refractivity contribution in [1.29, 1.82) is 0 Å². The van der Waals surface area contributed by atoms with Crippen LogP contribution in [-0.2, 0) is 24.3 Å². The Morgan fingerprint density at radius 2 is 1.76 bits per heavy atom. The lowest BCUT2D eigenvalue weighted by atomic mass is 9.84. The highest BCUT2D eigenvalue weighted by atomic mass is 35.5. The minimum absolute atomic E-state index is 0.0821. The molecule has 3 heterocycles. The molecule has 1 aromatic rings. The minimum Gasteiger partial charge on any atom is -0.481 e. The number of sulfonamides is 1. The first kappa shape index (κ1) is 20.9. The van der Waals surface area contributed by atoms with Crippen molar-refractivity contribution < 1.29 is 27.9 Å². The summed E-state index contributed by atoms with van der Waals surface area (Å²) in [7, 11) is -4.00. The molecule has 0 aliphatic carbocycles. The van der Waals surface area contributed by atoms with Crippen molar-refractivity contribution in [2.24, 2.45) is 5.92 Å². The Balaban J connectivity index is 1.55. The van der Waals surface area contributed by atoms with Crippen LogP contribution in [0.3, 0.4) is 0 Å². The summed E-state index contributed by atoms with van der Waals surface area (Å²) in [4.78, 5) is 24.5. The van der Waals surface area contributed by atoms with E-state index in [2.05, 4.69) is 5.32 Å². The minimum atomic E-state index is -4.00. The Morgan fingerprint density at radius 3 is 2.41 bits per heavy atom. The summed E-state index contributed by atoms with van der Waals surface area (Å²) >= 11 is 11.9. The summed E-state index contributed by atoms with van der Waals surface area (Å²) in [6, 6.07) is 2.42. The second-order valence-corrected chi connectivity index (χ2v) is 10.3. The van der Waals surface area contributed by atoms with E-state index in [1.807, 2.05) is 0 Å². The fraction of sp³-hybridized carbons (Fsp3) is 0.556. The average Bonchev–Trinajstić information content (AvgIpc) is 3.36. The number of carbonyl (C=O) groups excluding carboxylic acids is 1. The lowest BCUT2D eigenvalue weighted by Gasteiger charge is -2.29. The molecular weight excluding hydrogens is 443 g/mol. The second-order valence-electron chi connectivity index (χ2n) is 7.57. The van der Waals surface area contributed by atoms with Gasteiger partial charge in [-0.1, -0.05) is 23.2 Å². The number of hydrogen-bond donors (Lipinski definition) is 2. The lowest BCUT2D eigenvalue weighted by molar-refractivity contribution is -0.144. The van der Waals surface area contributed by atoms with Gasteiger partial charge in [-0.25, -0.2) is 8.42 Å². The van der Waals surface area contributed by atoms with Crippen LogP contribution in [0.15, 0.2) is 23.1 Å². The summed E-state index contributed by atoms with van der Waals surface area (Å²) in [5, 5.41) is 12.6. The maximum absolute atomic E-state index is 13.1. The van der Waals surface area contributed by atoms with Gasteiger partial charge in [0.2, 0.25) is 15.9 Å². The second kappa shape index (κ2) is 7.70. The van der Waals surface area contributed by atoms with Crippen LogP contribution < -0.4 is 5.32 Å². The van der Waals surface area contributed by atoms with Crippen molar-refractivity contribution in [3.05, 3.63) is 28.2 Å². The average molecular weight is 463 g/mol. The van der Waals surface area contributed by atoms with Crippen LogP contribution in [0.5, 0.6) is 0 Å². The molecule has 1 amide bonds. The maximum atomic E-state index is 13.1. The van der Waals surface area contributed by atoms with Crippen molar-refractivity contribution in [3.8, 4) is 0 Å². The third-order valence-corrected chi connectivity index (χ3v) is 8.14. The third kappa shape index (κ3) is 3.74. The fourth-order valence-electron chi connectivity index (χ4n) is 4.54. The number of carbonyl (C=O) groups is 2. The standard InChI is InChI=1S/C18H20Cl2N2O6S/c19-9-6-10(20)8-11(7-9)29(26,27)22-5-1-2-12(22)17(23)21-16-14-4-3-13(28-14)15(16)18(24)25/h6-8,12-16H,1-5H2,(H,21,23)(H,24,25). The molecule has 3 aliphatic rings. The third-order valence-electron chi connectivity index (χ3n) is 5.82. The number of benzene rings is 1. The zero-order valence-electron chi connectivity index (χ0n) is 15.3. The van der Waals surface area contributed by atoms with Crippen molar-refractivity contribution in [1.82, 2.24) is 9.62 Å². The predicted octanol–water partition coefficient (Wildman–Crippen LogP) is 1.89. The van der Waals surface area contributed by atoms with Crippen LogP contribution in [0.25, 0.3) is 0 Å². The van der Waals surface area contributed by atoms with E-state index < -0.39 is 46.0 Å². The smallest absolute Gasteiger partial charge is 0.311 e. The molecular formula is C18H20Cl2N2O6S. The van der Waals surface area contributed by atoms with Gasteiger partial charge in [-0.15, -0.1) is 0 Å². The van der Waals surface area contributed by atoms with Gasteiger partial charge in [0.15, 0.2) is 0 Å². The molecule has 2 N–H and O–H groups in total. The number of hydrogen-bond acceptors (Lipinski definition) is 5. The summed E-state index contributed by atoms with van der Waals surface area (Å²) in [6.07, 6.45) is 1.41. The van der Waals surface area contributed by atoms with Gasteiger partial charge in [0.25, 0.3) is 0 Å². The molecule has 158 valence electrons. The van der Waals surface area contributed by atoms with Crippen LogP contribution in [0, 0.1) is 5.92 Å². The molecule has 0 aromatic heterocycles. The first-order valence-corrected chi connectivity index (χ1v) is 11.5. The molecule has 11 heteroatoms. The molecule has 5 unspecified atom stereocenters. The number of carboxylic acids is 1. The number of ether oxygens (including phenoxy) is 1. The van der Waals surface area contributed by atoms with Gasteiger partial charge >= 0.3 is 5.97 Å². The molecule has 5 atom stereocenters. The summed E-state index contributed by atoms with van der Waals surface area (Å²) in [5.41, 5.74) is 0. The quantitative estimate of drug-likeness (QED) is 0.690. The van der Waals surface area contributed by atoms with E-state index in [-0.39, 0.29) is 27.6 Å². The molecule has 3 aliphatic heterocycles. The Bertz CT molecular complexity index is 935. The first-order valence-electron chi connectivity index (χ1n) is 9.35. The molecule has 0 saturated carbocycles. The molecule has 0 radical (unpaired) electrons. The Hall–Kier alpha value is -1.39. The Kier molecular flexibility index (Phi) is 5.54. The number of amides is 1. The van der Waals surface area contributed by atoms with Crippen LogP contribution in [-0.4, -0.2) is 60.5 Å². The van der Waals surface area contributed by atoms with Gasteiger partial charge in [0.1, 0.15) is 12.0 Å². The van der Waals surface area contributed by atoms with Gasteiger partial charge in [-0.2, -0.15) is 4.31 Å². The highest BCUT2D eigenvalue weighted by Crippen LogP contribution is 2.39. The molecule has 3 fully saturated rings. The summed E-state index contributed by atoms with van der Waals surface area (Å²) in [6.45, 7) is 0.181. The molecule has 0 spiro atoms. The van der Waals surface area contributed by atoms with E-state index >= 15 is 0 Å². The van der Waals surface area contributed by atoms with E-state index in [9.17, 15) is 23.1 Å². The number of fused-ring (bicyclic) bond motifs is 2. The predicted molar refractivity (Wildman–Crippen MR) is 104 cm³/mol. The molecule has 4 rings (SSSR count). The number of rotatable bonds is 5. The normalized spacial score (nSPS) is 31.9. The van der Waals surface area contributed by atoms with Gasteiger partial charge in [0, 0.05) is 16.6 Å².